The Hall–Kier alpha value is -4.20. The molecule has 0 amide bonds. The molecule has 1 N–H and O–H groups in total. The summed E-state index contributed by atoms with van der Waals surface area (Å²) in [6, 6.07) is 16.9. The lowest BCUT2D eigenvalue weighted by Gasteiger charge is -2.19. The van der Waals surface area contributed by atoms with Gasteiger partial charge in [0.25, 0.3) is 0 Å². The molecule has 4 heterocycles. The number of imidazole rings is 1. The average molecular weight is 483 g/mol. The predicted octanol–water partition coefficient (Wildman–Crippen LogP) is 5.73. The first-order valence-electron chi connectivity index (χ1n) is 12.2. The minimum atomic E-state index is -0.267. The van der Waals surface area contributed by atoms with E-state index in [4.69, 9.17) is 14.7 Å². The van der Waals surface area contributed by atoms with E-state index in [0.717, 1.165) is 71.1 Å². The maximum Gasteiger partial charge on any atom is 0.223 e. The van der Waals surface area contributed by atoms with Crippen LogP contribution in [0.5, 0.6) is 5.75 Å². The second-order valence-corrected chi connectivity index (χ2v) is 8.95. The first-order valence-corrected chi connectivity index (χ1v) is 12.2. The van der Waals surface area contributed by atoms with Crippen LogP contribution in [0.15, 0.2) is 67.0 Å². The van der Waals surface area contributed by atoms with Crippen molar-refractivity contribution in [3.63, 3.8) is 0 Å². The molecule has 182 valence electrons. The Morgan fingerprint density at radius 2 is 1.94 bits per heavy atom. The van der Waals surface area contributed by atoms with Crippen molar-refractivity contribution in [1.29, 1.82) is 0 Å². The third-order valence-corrected chi connectivity index (χ3v) is 6.80. The first-order chi connectivity index (χ1) is 17.7. The summed E-state index contributed by atoms with van der Waals surface area (Å²) in [5.74, 6) is 2.20. The van der Waals surface area contributed by atoms with Crippen LogP contribution >= 0.6 is 0 Å². The number of ether oxygens (including phenoxy) is 1. The van der Waals surface area contributed by atoms with Gasteiger partial charge in [-0.3, -0.25) is 0 Å². The third-order valence-electron chi connectivity index (χ3n) is 6.80. The van der Waals surface area contributed by atoms with E-state index in [2.05, 4.69) is 37.8 Å². The van der Waals surface area contributed by atoms with Crippen molar-refractivity contribution in [2.75, 3.05) is 19.0 Å². The molecule has 1 atom stereocenters. The number of hydrogen-bond donors (Lipinski definition) is 1. The van der Waals surface area contributed by atoms with Crippen LogP contribution in [0.1, 0.15) is 25.2 Å². The van der Waals surface area contributed by atoms with Crippen LogP contribution in [0.4, 0.5) is 10.3 Å². The molecule has 0 saturated heterocycles. The summed E-state index contributed by atoms with van der Waals surface area (Å²) < 4.78 is 23.9. The predicted molar refractivity (Wildman–Crippen MR) is 139 cm³/mol. The largest absolute Gasteiger partial charge is 0.496 e. The molecule has 2 aromatic carbocycles. The molecule has 0 aliphatic carbocycles. The van der Waals surface area contributed by atoms with Crippen molar-refractivity contribution in [3.05, 3.63) is 78.6 Å². The molecule has 7 nitrogen and oxygen atoms in total. The Morgan fingerprint density at radius 3 is 2.75 bits per heavy atom. The van der Waals surface area contributed by atoms with Crippen molar-refractivity contribution < 1.29 is 9.13 Å². The first kappa shape index (κ1) is 22.3. The summed E-state index contributed by atoms with van der Waals surface area (Å²) in [5, 5.41) is 4.30. The molecule has 0 spiro atoms. The van der Waals surface area contributed by atoms with Gasteiger partial charge in [-0.25, -0.2) is 19.3 Å². The van der Waals surface area contributed by atoms with Gasteiger partial charge in [-0.15, -0.1) is 0 Å². The van der Waals surface area contributed by atoms with Crippen LogP contribution < -0.4 is 10.1 Å². The van der Waals surface area contributed by atoms with E-state index in [-0.39, 0.29) is 11.9 Å². The highest BCUT2D eigenvalue weighted by atomic mass is 19.1. The van der Waals surface area contributed by atoms with Gasteiger partial charge in [-0.2, -0.15) is 0 Å². The molecule has 1 unspecified atom stereocenters. The van der Waals surface area contributed by atoms with E-state index in [9.17, 15) is 4.39 Å². The van der Waals surface area contributed by atoms with Gasteiger partial charge in [0.15, 0.2) is 0 Å². The molecule has 8 heteroatoms. The molecule has 1 aliphatic heterocycles. The number of fused-ring (bicyclic) bond motifs is 2. The number of nitrogens with one attached hydrogen (secondary N) is 1. The fourth-order valence-corrected chi connectivity index (χ4v) is 5.19. The summed E-state index contributed by atoms with van der Waals surface area (Å²) in [4.78, 5) is 14.2. The van der Waals surface area contributed by atoms with Crippen LogP contribution in [0, 0.1) is 5.82 Å². The molecule has 0 radical (unpaired) electrons. The van der Waals surface area contributed by atoms with E-state index >= 15 is 0 Å². The van der Waals surface area contributed by atoms with Crippen LogP contribution in [-0.2, 0) is 13.0 Å². The topological polar surface area (TPSA) is 69.8 Å². The minimum Gasteiger partial charge on any atom is -0.496 e. The lowest BCUT2D eigenvalue weighted by atomic mass is 10.1. The second kappa shape index (κ2) is 9.11. The number of hydrogen-bond acceptors (Lipinski definition) is 5. The highest BCUT2D eigenvalue weighted by Crippen LogP contribution is 2.40. The van der Waals surface area contributed by atoms with Gasteiger partial charge in [-0.1, -0.05) is 6.07 Å². The summed E-state index contributed by atoms with van der Waals surface area (Å²) >= 11 is 0. The number of methoxy groups -OCH3 is 1. The Kier molecular flexibility index (Phi) is 5.64. The second-order valence-electron chi connectivity index (χ2n) is 8.95. The van der Waals surface area contributed by atoms with Gasteiger partial charge in [0.1, 0.15) is 17.4 Å². The lowest BCUT2D eigenvalue weighted by molar-refractivity contribution is 0.419. The van der Waals surface area contributed by atoms with Crippen molar-refractivity contribution in [2.24, 2.45) is 0 Å². The van der Waals surface area contributed by atoms with E-state index in [1.807, 2.05) is 25.1 Å². The Labute approximate surface area is 208 Å². The molecule has 0 bridgehead atoms. The maximum absolute atomic E-state index is 13.7. The SMILES string of the molecule is CCNc1nccc(-c2c(-c3ccc(F)cc3)nc3n2C(Cn2ccc4c(OC)cccc42)CC3)n1. The number of anilines is 1. The number of aromatic nitrogens is 5. The number of aryl methyl sites for hydroxylation is 1. The van der Waals surface area contributed by atoms with Crippen molar-refractivity contribution in [2.45, 2.75) is 32.4 Å². The van der Waals surface area contributed by atoms with E-state index < -0.39 is 0 Å². The maximum atomic E-state index is 13.7. The summed E-state index contributed by atoms with van der Waals surface area (Å²) in [5.41, 5.74) is 4.56. The standard InChI is InChI=1S/C28H27FN6O/c1-3-30-28-31-15-13-22(32-28)27-26(18-7-9-19(29)10-8-18)33-25-12-11-20(35(25)27)17-34-16-14-21-23(34)5-4-6-24(21)36-2/h4-10,13-16,20H,3,11-12,17H2,1-2H3,(H,30,31,32). The lowest BCUT2D eigenvalue weighted by Crippen LogP contribution is -2.14. The normalized spacial score (nSPS) is 14.8. The van der Waals surface area contributed by atoms with E-state index in [0.29, 0.717) is 5.95 Å². The van der Waals surface area contributed by atoms with Crippen molar-refractivity contribution in [3.8, 4) is 28.4 Å². The zero-order valence-electron chi connectivity index (χ0n) is 20.3. The molecule has 0 fully saturated rings. The molecular formula is C28H27FN6O. The minimum absolute atomic E-state index is 0.191. The van der Waals surface area contributed by atoms with Gasteiger partial charge in [0, 0.05) is 42.9 Å². The van der Waals surface area contributed by atoms with E-state index in [1.54, 1.807) is 25.4 Å². The molecular weight excluding hydrogens is 455 g/mol. The Bertz CT molecular complexity index is 1540. The van der Waals surface area contributed by atoms with Gasteiger partial charge >= 0.3 is 0 Å². The van der Waals surface area contributed by atoms with Gasteiger partial charge in [-0.05, 0) is 61.9 Å². The Morgan fingerprint density at radius 1 is 1.08 bits per heavy atom. The summed E-state index contributed by atoms with van der Waals surface area (Å²) in [7, 11) is 1.70. The monoisotopic (exact) mass is 482 g/mol. The fraction of sp³-hybridized carbons (Fsp3) is 0.250. The number of benzene rings is 2. The number of nitrogens with zero attached hydrogens (tertiary/aromatic N) is 5. The highest BCUT2D eigenvalue weighted by molar-refractivity contribution is 5.86. The highest BCUT2D eigenvalue weighted by Gasteiger charge is 2.31. The van der Waals surface area contributed by atoms with Gasteiger partial charge < -0.3 is 19.2 Å². The third kappa shape index (κ3) is 3.79. The number of halogens is 1. The molecule has 0 saturated carbocycles. The van der Waals surface area contributed by atoms with Crippen molar-refractivity contribution >= 4 is 16.9 Å². The number of rotatable bonds is 7. The molecule has 3 aromatic heterocycles. The Balaban J connectivity index is 1.47. The molecule has 5 aromatic rings. The van der Waals surface area contributed by atoms with Crippen LogP contribution in [-0.4, -0.2) is 37.7 Å². The van der Waals surface area contributed by atoms with Crippen LogP contribution in [0.25, 0.3) is 33.5 Å². The zero-order valence-corrected chi connectivity index (χ0v) is 20.3. The van der Waals surface area contributed by atoms with E-state index in [1.165, 1.54) is 12.1 Å². The smallest absolute Gasteiger partial charge is 0.223 e. The summed E-state index contributed by atoms with van der Waals surface area (Å²) in [6.07, 6.45) is 5.74. The zero-order chi connectivity index (χ0) is 24.6. The molecule has 1 aliphatic rings. The summed E-state index contributed by atoms with van der Waals surface area (Å²) in [6.45, 7) is 3.54. The van der Waals surface area contributed by atoms with Crippen LogP contribution in [0.3, 0.4) is 0 Å². The van der Waals surface area contributed by atoms with Crippen molar-refractivity contribution in [1.82, 2.24) is 24.1 Å². The van der Waals surface area contributed by atoms with Crippen LogP contribution in [0.2, 0.25) is 0 Å². The average Bonchev–Trinajstić information content (AvgIpc) is 3.59. The van der Waals surface area contributed by atoms with Gasteiger partial charge in [0.2, 0.25) is 5.95 Å². The molecule has 36 heavy (non-hydrogen) atoms. The fourth-order valence-electron chi connectivity index (χ4n) is 5.19. The van der Waals surface area contributed by atoms with Gasteiger partial charge in [0.05, 0.1) is 35.8 Å². The quantitative estimate of drug-likeness (QED) is 0.321. The molecule has 6 rings (SSSR count).